The molecular weight excluding hydrogens is 254 g/mol. The number of nitrogens with zero attached hydrogens (tertiary/aromatic N) is 2. The Morgan fingerprint density at radius 3 is 2.95 bits per heavy atom. The Morgan fingerprint density at radius 2 is 2.21 bits per heavy atom. The molecule has 0 bridgehead atoms. The minimum atomic E-state index is 0.885. The van der Waals surface area contributed by atoms with Gasteiger partial charge < -0.3 is 10.2 Å². The first-order chi connectivity index (χ1) is 9.24. The van der Waals surface area contributed by atoms with Gasteiger partial charge in [0.15, 0.2) is 5.13 Å². The molecule has 0 saturated carbocycles. The van der Waals surface area contributed by atoms with Crippen LogP contribution in [0.25, 0.3) is 0 Å². The van der Waals surface area contributed by atoms with Crippen molar-refractivity contribution in [3.8, 4) is 0 Å². The number of rotatable bonds is 7. The molecule has 2 heterocycles. The van der Waals surface area contributed by atoms with Gasteiger partial charge in [-0.25, -0.2) is 4.98 Å². The maximum atomic E-state index is 4.77. The maximum absolute atomic E-state index is 4.77. The van der Waals surface area contributed by atoms with E-state index in [0.29, 0.717) is 0 Å². The first-order valence-corrected chi connectivity index (χ1v) is 8.48. The van der Waals surface area contributed by atoms with Crippen LogP contribution in [0.4, 0.5) is 5.13 Å². The summed E-state index contributed by atoms with van der Waals surface area (Å²) in [6, 6.07) is 0. The molecule has 3 nitrogen and oxygen atoms in total. The van der Waals surface area contributed by atoms with Crippen molar-refractivity contribution in [3.63, 3.8) is 0 Å². The Labute approximate surface area is 121 Å². The first-order valence-electron chi connectivity index (χ1n) is 7.66. The van der Waals surface area contributed by atoms with E-state index in [0.717, 1.165) is 19.0 Å². The molecule has 1 aromatic heterocycles. The molecule has 108 valence electrons. The summed E-state index contributed by atoms with van der Waals surface area (Å²) in [4.78, 5) is 8.66. The molecule has 1 fully saturated rings. The van der Waals surface area contributed by atoms with Gasteiger partial charge in [-0.3, -0.25) is 0 Å². The summed E-state index contributed by atoms with van der Waals surface area (Å²) >= 11 is 1.88. The number of aryl methyl sites for hydroxylation is 1. The van der Waals surface area contributed by atoms with E-state index in [9.17, 15) is 0 Å². The number of nitrogens with one attached hydrogen (secondary N) is 1. The predicted molar refractivity (Wildman–Crippen MR) is 84.1 cm³/mol. The van der Waals surface area contributed by atoms with Crippen molar-refractivity contribution in [2.75, 3.05) is 24.5 Å². The average molecular weight is 281 g/mol. The number of anilines is 1. The Morgan fingerprint density at radius 1 is 1.37 bits per heavy atom. The van der Waals surface area contributed by atoms with Crippen LogP contribution in [-0.4, -0.2) is 24.6 Å². The van der Waals surface area contributed by atoms with Crippen molar-refractivity contribution >= 4 is 16.5 Å². The van der Waals surface area contributed by atoms with Gasteiger partial charge in [-0.15, -0.1) is 11.3 Å². The minimum Gasteiger partial charge on any atom is -0.348 e. The Balaban J connectivity index is 1.92. The van der Waals surface area contributed by atoms with Crippen molar-refractivity contribution < 1.29 is 0 Å². The topological polar surface area (TPSA) is 28.2 Å². The van der Waals surface area contributed by atoms with Crippen LogP contribution in [0.5, 0.6) is 0 Å². The SMILES string of the molecule is CCCNCc1sc(N2CCC(CCC)C2)nc1C. The summed E-state index contributed by atoms with van der Waals surface area (Å²) in [5.74, 6) is 0.885. The highest BCUT2D eigenvalue weighted by atomic mass is 32.1. The molecule has 1 aliphatic heterocycles. The van der Waals surface area contributed by atoms with E-state index in [1.807, 2.05) is 11.3 Å². The summed E-state index contributed by atoms with van der Waals surface area (Å²) in [5.41, 5.74) is 1.21. The molecule has 1 aromatic rings. The number of hydrogen-bond donors (Lipinski definition) is 1. The van der Waals surface area contributed by atoms with E-state index < -0.39 is 0 Å². The van der Waals surface area contributed by atoms with Gasteiger partial charge in [0.2, 0.25) is 0 Å². The molecule has 4 heteroatoms. The molecule has 19 heavy (non-hydrogen) atoms. The standard InChI is InChI=1S/C15H27N3S/c1-4-6-13-7-9-18(11-13)15-17-12(3)14(19-15)10-16-8-5-2/h13,16H,4-11H2,1-3H3. The van der Waals surface area contributed by atoms with E-state index in [2.05, 4.69) is 31.0 Å². The lowest BCUT2D eigenvalue weighted by atomic mass is 10.0. The van der Waals surface area contributed by atoms with Gasteiger partial charge in [0, 0.05) is 24.5 Å². The zero-order chi connectivity index (χ0) is 13.7. The molecule has 0 amide bonds. The van der Waals surface area contributed by atoms with Crippen LogP contribution in [0, 0.1) is 12.8 Å². The highest BCUT2D eigenvalue weighted by Crippen LogP contribution is 2.31. The van der Waals surface area contributed by atoms with Crippen LogP contribution in [0.2, 0.25) is 0 Å². The van der Waals surface area contributed by atoms with Crippen LogP contribution >= 0.6 is 11.3 Å². The van der Waals surface area contributed by atoms with Gasteiger partial charge >= 0.3 is 0 Å². The third-order valence-corrected chi connectivity index (χ3v) is 5.07. The molecule has 0 aliphatic carbocycles. The Kier molecular flexibility index (Phi) is 5.64. The lowest BCUT2D eigenvalue weighted by Gasteiger charge is -2.14. The molecule has 1 N–H and O–H groups in total. The summed E-state index contributed by atoms with van der Waals surface area (Å²) < 4.78 is 0. The monoisotopic (exact) mass is 281 g/mol. The van der Waals surface area contributed by atoms with Gasteiger partial charge in [0.1, 0.15) is 0 Å². The second-order valence-electron chi connectivity index (χ2n) is 5.57. The second-order valence-corrected chi connectivity index (χ2v) is 6.63. The fourth-order valence-corrected chi connectivity index (χ4v) is 3.81. The molecule has 0 aromatic carbocycles. The molecular formula is C15H27N3S. The van der Waals surface area contributed by atoms with E-state index in [1.165, 1.54) is 54.5 Å². The normalized spacial score (nSPS) is 19.3. The second kappa shape index (κ2) is 7.25. The van der Waals surface area contributed by atoms with Crippen LogP contribution in [0.3, 0.4) is 0 Å². The molecule has 2 rings (SSSR count). The molecule has 0 spiro atoms. The lowest BCUT2D eigenvalue weighted by molar-refractivity contribution is 0.530. The minimum absolute atomic E-state index is 0.885. The lowest BCUT2D eigenvalue weighted by Crippen LogP contribution is -2.19. The molecule has 1 aliphatic rings. The molecule has 1 atom stereocenters. The van der Waals surface area contributed by atoms with Crippen LogP contribution in [-0.2, 0) is 6.54 Å². The summed E-state index contributed by atoms with van der Waals surface area (Å²) in [6.45, 7) is 11.1. The van der Waals surface area contributed by atoms with Gasteiger partial charge in [0.05, 0.1) is 5.69 Å². The van der Waals surface area contributed by atoms with Crippen LogP contribution in [0.15, 0.2) is 0 Å². The fraction of sp³-hybridized carbons (Fsp3) is 0.800. The van der Waals surface area contributed by atoms with Gasteiger partial charge in [0.25, 0.3) is 0 Å². The summed E-state index contributed by atoms with van der Waals surface area (Å²) in [5, 5.41) is 4.72. The Hall–Kier alpha value is -0.610. The maximum Gasteiger partial charge on any atom is 0.185 e. The van der Waals surface area contributed by atoms with Gasteiger partial charge in [-0.1, -0.05) is 20.3 Å². The van der Waals surface area contributed by atoms with Crippen molar-refractivity contribution in [1.82, 2.24) is 10.3 Å². The average Bonchev–Trinajstić information content (AvgIpc) is 2.98. The van der Waals surface area contributed by atoms with Crippen LogP contribution < -0.4 is 10.2 Å². The van der Waals surface area contributed by atoms with Crippen molar-refractivity contribution in [2.24, 2.45) is 5.92 Å². The zero-order valence-electron chi connectivity index (χ0n) is 12.5. The first kappa shape index (κ1) is 14.8. The quantitative estimate of drug-likeness (QED) is 0.774. The van der Waals surface area contributed by atoms with E-state index in [1.54, 1.807) is 0 Å². The van der Waals surface area contributed by atoms with Gasteiger partial charge in [-0.05, 0) is 38.6 Å². The van der Waals surface area contributed by atoms with E-state index in [4.69, 9.17) is 4.98 Å². The summed E-state index contributed by atoms with van der Waals surface area (Å²) in [6.07, 6.45) is 5.21. The largest absolute Gasteiger partial charge is 0.348 e. The van der Waals surface area contributed by atoms with E-state index in [-0.39, 0.29) is 0 Å². The fourth-order valence-electron chi connectivity index (χ4n) is 2.74. The van der Waals surface area contributed by atoms with E-state index >= 15 is 0 Å². The highest BCUT2D eigenvalue weighted by Gasteiger charge is 2.24. The molecule has 0 radical (unpaired) electrons. The number of thiazole rings is 1. The van der Waals surface area contributed by atoms with Gasteiger partial charge in [-0.2, -0.15) is 0 Å². The smallest absolute Gasteiger partial charge is 0.185 e. The highest BCUT2D eigenvalue weighted by molar-refractivity contribution is 7.15. The number of aromatic nitrogens is 1. The number of hydrogen-bond acceptors (Lipinski definition) is 4. The Bertz CT molecular complexity index is 389. The third kappa shape index (κ3) is 3.93. The third-order valence-electron chi connectivity index (χ3n) is 3.85. The van der Waals surface area contributed by atoms with Crippen LogP contribution in [0.1, 0.15) is 50.1 Å². The summed E-state index contributed by atoms with van der Waals surface area (Å²) in [7, 11) is 0. The molecule has 1 unspecified atom stereocenters. The molecule has 1 saturated heterocycles. The zero-order valence-corrected chi connectivity index (χ0v) is 13.4. The van der Waals surface area contributed by atoms with Crippen molar-refractivity contribution in [3.05, 3.63) is 10.6 Å². The van der Waals surface area contributed by atoms with Crippen molar-refractivity contribution in [1.29, 1.82) is 0 Å². The predicted octanol–water partition coefficient (Wildman–Crippen LogP) is 3.58. The van der Waals surface area contributed by atoms with Crippen molar-refractivity contribution in [2.45, 2.75) is 53.0 Å².